The van der Waals surface area contributed by atoms with Gasteiger partial charge in [0, 0.05) is 30.4 Å². The molecule has 0 fully saturated rings. The molecule has 0 spiro atoms. The standard InChI is InChI=1S/C13H11N3.3ClH/c14-6-1-2-12-10-16-9-5-13(12)11-3-7-15-8-4-11;;;/h3-5,7-10H,6,14H2;3*1H. The van der Waals surface area contributed by atoms with E-state index in [0.29, 0.717) is 6.54 Å². The third kappa shape index (κ3) is 5.46. The summed E-state index contributed by atoms with van der Waals surface area (Å²) in [6.07, 6.45) is 7.02. The molecule has 2 rings (SSSR count). The van der Waals surface area contributed by atoms with Crippen molar-refractivity contribution in [3.05, 3.63) is 48.5 Å². The smallest absolute Gasteiger partial charge is 0.0555 e. The first-order chi connectivity index (χ1) is 7.92. The van der Waals surface area contributed by atoms with Crippen LogP contribution < -0.4 is 5.73 Å². The van der Waals surface area contributed by atoms with E-state index in [1.165, 1.54) is 0 Å². The lowest BCUT2D eigenvalue weighted by atomic mass is 10.0. The fourth-order valence-electron chi connectivity index (χ4n) is 1.42. The van der Waals surface area contributed by atoms with Crippen molar-refractivity contribution in [2.24, 2.45) is 5.73 Å². The molecule has 0 amide bonds. The zero-order valence-corrected chi connectivity index (χ0v) is 12.4. The Bertz CT molecular complexity index is 536. The molecule has 0 saturated heterocycles. The van der Waals surface area contributed by atoms with Crippen molar-refractivity contribution in [2.75, 3.05) is 6.54 Å². The third-order valence-electron chi connectivity index (χ3n) is 2.14. The molecule has 2 N–H and O–H groups in total. The first-order valence-electron chi connectivity index (χ1n) is 4.95. The van der Waals surface area contributed by atoms with Gasteiger partial charge in [-0.3, -0.25) is 9.97 Å². The number of nitrogens with zero attached hydrogens (tertiary/aromatic N) is 2. The van der Waals surface area contributed by atoms with Crippen molar-refractivity contribution in [1.29, 1.82) is 0 Å². The lowest BCUT2D eigenvalue weighted by Gasteiger charge is -2.02. The van der Waals surface area contributed by atoms with Crippen molar-refractivity contribution in [3.63, 3.8) is 0 Å². The second kappa shape index (κ2) is 10.6. The molecule has 0 atom stereocenters. The van der Waals surface area contributed by atoms with E-state index < -0.39 is 0 Å². The molecular weight excluding hydrogens is 305 g/mol. The number of hydrogen-bond donors (Lipinski definition) is 1. The van der Waals surface area contributed by atoms with Crippen LogP contribution in [-0.4, -0.2) is 16.5 Å². The van der Waals surface area contributed by atoms with Gasteiger partial charge in [-0.05, 0) is 23.8 Å². The molecule has 102 valence electrons. The molecule has 0 aliphatic heterocycles. The number of nitrogens with two attached hydrogens (primary N) is 1. The average Bonchev–Trinajstić information content (AvgIpc) is 2.38. The van der Waals surface area contributed by atoms with Crippen LogP contribution in [0.25, 0.3) is 11.1 Å². The van der Waals surface area contributed by atoms with Gasteiger partial charge in [0.05, 0.1) is 12.1 Å². The summed E-state index contributed by atoms with van der Waals surface area (Å²) in [5.74, 6) is 5.85. The maximum Gasteiger partial charge on any atom is 0.0555 e. The van der Waals surface area contributed by atoms with E-state index in [1.807, 2.05) is 18.2 Å². The number of hydrogen-bond acceptors (Lipinski definition) is 3. The Morgan fingerprint density at radius 3 is 2.21 bits per heavy atom. The molecular formula is C13H14Cl3N3. The maximum absolute atomic E-state index is 5.36. The Morgan fingerprint density at radius 1 is 0.947 bits per heavy atom. The molecule has 0 aliphatic rings. The minimum Gasteiger partial charge on any atom is -0.320 e. The number of aromatic nitrogens is 2. The van der Waals surface area contributed by atoms with Gasteiger partial charge in [0.25, 0.3) is 0 Å². The topological polar surface area (TPSA) is 51.8 Å². The first kappa shape index (κ1) is 20.0. The van der Waals surface area contributed by atoms with Crippen molar-refractivity contribution in [2.45, 2.75) is 0 Å². The van der Waals surface area contributed by atoms with Gasteiger partial charge in [0.2, 0.25) is 0 Å². The maximum atomic E-state index is 5.36. The highest BCUT2D eigenvalue weighted by atomic mass is 35.5. The molecule has 3 nitrogen and oxygen atoms in total. The van der Waals surface area contributed by atoms with Gasteiger partial charge >= 0.3 is 0 Å². The van der Waals surface area contributed by atoms with Crippen LogP contribution in [0.2, 0.25) is 0 Å². The van der Waals surface area contributed by atoms with Crippen LogP contribution in [0, 0.1) is 11.8 Å². The van der Waals surface area contributed by atoms with E-state index in [-0.39, 0.29) is 37.2 Å². The molecule has 0 aliphatic carbocycles. The van der Waals surface area contributed by atoms with E-state index in [0.717, 1.165) is 16.7 Å². The van der Waals surface area contributed by atoms with Crippen molar-refractivity contribution >= 4 is 37.2 Å². The first-order valence-corrected chi connectivity index (χ1v) is 4.95. The summed E-state index contributed by atoms with van der Waals surface area (Å²) in [6, 6.07) is 5.84. The molecule has 0 aromatic carbocycles. The lowest BCUT2D eigenvalue weighted by Crippen LogP contribution is -1.94. The van der Waals surface area contributed by atoms with Crippen LogP contribution in [0.4, 0.5) is 0 Å². The van der Waals surface area contributed by atoms with Gasteiger partial charge in [-0.25, -0.2) is 0 Å². The molecule has 2 aromatic rings. The quantitative estimate of drug-likeness (QED) is 0.823. The van der Waals surface area contributed by atoms with Crippen LogP contribution in [-0.2, 0) is 0 Å². The van der Waals surface area contributed by atoms with Gasteiger partial charge in [-0.1, -0.05) is 11.8 Å². The Kier molecular flexibility index (Phi) is 11.2. The minimum absolute atomic E-state index is 0. The summed E-state index contributed by atoms with van der Waals surface area (Å²) in [5.41, 5.74) is 8.39. The van der Waals surface area contributed by atoms with Crippen LogP contribution in [0.3, 0.4) is 0 Å². The van der Waals surface area contributed by atoms with Gasteiger partial charge < -0.3 is 5.73 Å². The molecule has 0 radical (unpaired) electrons. The molecule has 0 bridgehead atoms. The molecule has 2 aromatic heterocycles. The second-order valence-electron chi connectivity index (χ2n) is 3.16. The van der Waals surface area contributed by atoms with Gasteiger partial charge in [-0.2, -0.15) is 0 Å². The van der Waals surface area contributed by atoms with E-state index in [1.54, 1.807) is 24.8 Å². The van der Waals surface area contributed by atoms with Crippen LogP contribution >= 0.6 is 37.2 Å². The third-order valence-corrected chi connectivity index (χ3v) is 2.14. The number of pyridine rings is 2. The van der Waals surface area contributed by atoms with Gasteiger partial charge in [0.15, 0.2) is 0 Å². The van der Waals surface area contributed by atoms with E-state index >= 15 is 0 Å². The average molecular weight is 319 g/mol. The number of halogens is 3. The zero-order chi connectivity index (χ0) is 11.2. The van der Waals surface area contributed by atoms with E-state index in [9.17, 15) is 0 Å². The Hall–Kier alpha value is -1.31. The fourth-order valence-corrected chi connectivity index (χ4v) is 1.42. The Balaban J connectivity index is 0. The highest BCUT2D eigenvalue weighted by molar-refractivity contribution is 5.86. The van der Waals surface area contributed by atoms with Crippen molar-refractivity contribution in [1.82, 2.24) is 9.97 Å². The molecule has 6 heteroatoms. The second-order valence-corrected chi connectivity index (χ2v) is 3.16. The Morgan fingerprint density at radius 2 is 1.58 bits per heavy atom. The SMILES string of the molecule is Cl.Cl.Cl.NCC#Cc1cnccc1-c1ccncc1. The van der Waals surface area contributed by atoms with Crippen LogP contribution in [0.1, 0.15) is 5.56 Å². The highest BCUT2D eigenvalue weighted by Crippen LogP contribution is 2.20. The lowest BCUT2D eigenvalue weighted by molar-refractivity contribution is 1.28. The fraction of sp³-hybridized carbons (Fsp3) is 0.0769. The summed E-state index contributed by atoms with van der Waals surface area (Å²) >= 11 is 0. The minimum atomic E-state index is 0. The molecule has 0 unspecified atom stereocenters. The normalized spacial score (nSPS) is 7.84. The summed E-state index contributed by atoms with van der Waals surface area (Å²) in [4.78, 5) is 8.06. The van der Waals surface area contributed by atoms with E-state index in [2.05, 4.69) is 21.8 Å². The Labute approximate surface area is 131 Å². The summed E-state index contributed by atoms with van der Waals surface area (Å²) in [6.45, 7) is 0.352. The molecule has 2 heterocycles. The number of rotatable bonds is 1. The predicted octanol–water partition coefficient (Wildman–Crippen LogP) is 2.72. The molecule has 19 heavy (non-hydrogen) atoms. The summed E-state index contributed by atoms with van der Waals surface area (Å²) in [5, 5.41) is 0. The van der Waals surface area contributed by atoms with E-state index in [4.69, 9.17) is 5.73 Å². The van der Waals surface area contributed by atoms with Crippen LogP contribution in [0.5, 0.6) is 0 Å². The highest BCUT2D eigenvalue weighted by Gasteiger charge is 2.01. The summed E-state index contributed by atoms with van der Waals surface area (Å²) < 4.78 is 0. The predicted molar refractivity (Wildman–Crippen MR) is 85.1 cm³/mol. The van der Waals surface area contributed by atoms with Gasteiger partial charge in [-0.15, -0.1) is 37.2 Å². The molecule has 0 saturated carbocycles. The zero-order valence-electron chi connectivity index (χ0n) is 9.95. The summed E-state index contributed by atoms with van der Waals surface area (Å²) in [7, 11) is 0. The van der Waals surface area contributed by atoms with Crippen LogP contribution in [0.15, 0.2) is 43.0 Å². The van der Waals surface area contributed by atoms with Gasteiger partial charge in [0.1, 0.15) is 0 Å². The van der Waals surface area contributed by atoms with Crippen molar-refractivity contribution in [3.8, 4) is 23.0 Å². The van der Waals surface area contributed by atoms with Crippen molar-refractivity contribution < 1.29 is 0 Å². The monoisotopic (exact) mass is 317 g/mol. The largest absolute Gasteiger partial charge is 0.320 e.